The molecule has 0 saturated carbocycles. The Balaban J connectivity index is 2.52. The second kappa shape index (κ2) is 4.77. The summed E-state index contributed by atoms with van der Waals surface area (Å²) in [5.74, 6) is -0.937. The molecule has 1 aliphatic rings. The van der Waals surface area contributed by atoms with Gasteiger partial charge in [0.1, 0.15) is 11.3 Å². The lowest BCUT2D eigenvalue weighted by molar-refractivity contribution is 0.0519. The van der Waals surface area contributed by atoms with Crippen molar-refractivity contribution in [3.05, 3.63) is 17.0 Å². The van der Waals surface area contributed by atoms with Crippen LogP contribution in [0.4, 0.5) is 0 Å². The van der Waals surface area contributed by atoms with Gasteiger partial charge in [-0.3, -0.25) is 9.48 Å². The molecule has 0 fully saturated rings. The molecule has 0 aliphatic carbocycles. The number of aromatic nitrogens is 2. The van der Waals surface area contributed by atoms with Crippen molar-refractivity contribution >= 4 is 11.9 Å². The minimum atomic E-state index is -0.565. The molecule has 1 aromatic rings. The average Bonchev–Trinajstić information content (AvgIpc) is 2.68. The Labute approximate surface area is 104 Å². The maximum atomic E-state index is 11.8. The van der Waals surface area contributed by atoms with Crippen LogP contribution in [0.2, 0.25) is 0 Å². The van der Waals surface area contributed by atoms with Gasteiger partial charge in [0, 0.05) is 6.54 Å². The SMILES string of the molecule is CCOC(=O)c1c(C)nn2c1C(=O)NCC2CO. The summed E-state index contributed by atoms with van der Waals surface area (Å²) in [5, 5.41) is 16.0. The third kappa shape index (κ3) is 1.86. The van der Waals surface area contributed by atoms with Gasteiger partial charge in [-0.1, -0.05) is 0 Å². The molecular formula is C11H15N3O4. The smallest absolute Gasteiger partial charge is 0.342 e. The summed E-state index contributed by atoms with van der Waals surface area (Å²) in [7, 11) is 0. The highest BCUT2D eigenvalue weighted by Crippen LogP contribution is 2.22. The molecule has 1 aromatic heterocycles. The first-order valence-corrected chi connectivity index (χ1v) is 5.75. The second-order valence-corrected chi connectivity index (χ2v) is 4.02. The molecule has 2 heterocycles. The molecular weight excluding hydrogens is 238 g/mol. The van der Waals surface area contributed by atoms with E-state index in [4.69, 9.17) is 4.74 Å². The quantitative estimate of drug-likeness (QED) is 0.718. The number of hydrogen-bond donors (Lipinski definition) is 2. The van der Waals surface area contributed by atoms with E-state index < -0.39 is 5.97 Å². The number of ether oxygens (including phenoxy) is 1. The molecule has 7 heteroatoms. The van der Waals surface area contributed by atoms with E-state index in [0.717, 1.165) is 0 Å². The lowest BCUT2D eigenvalue weighted by Gasteiger charge is -2.23. The summed E-state index contributed by atoms with van der Waals surface area (Å²) in [4.78, 5) is 23.6. The molecule has 1 unspecified atom stereocenters. The van der Waals surface area contributed by atoms with E-state index in [2.05, 4.69) is 10.4 Å². The Hall–Kier alpha value is -1.89. The minimum absolute atomic E-state index is 0.156. The van der Waals surface area contributed by atoms with Crippen LogP contribution in [0.1, 0.15) is 39.5 Å². The number of carbonyl (C=O) groups excluding carboxylic acids is 2. The van der Waals surface area contributed by atoms with E-state index in [1.54, 1.807) is 13.8 Å². The first kappa shape index (κ1) is 12.6. The number of fused-ring (bicyclic) bond motifs is 1. The molecule has 0 bridgehead atoms. The summed E-state index contributed by atoms with van der Waals surface area (Å²) in [5.41, 5.74) is 0.766. The Morgan fingerprint density at radius 1 is 1.67 bits per heavy atom. The molecule has 98 valence electrons. The van der Waals surface area contributed by atoms with Crippen LogP contribution >= 0.6 is 0 Å². The molecule has 1 amide bonds. The normalized spacial score (nSPS) is 18.2. The molecule has 1 atom stereocenters. The van der Waals surface area contributed by atoms with Gasteiger partial charge in [0.05, 0.1) is 24.9 Å². The van der Waals surface area contributed by atoms with E-state index in [1.807, 2.05) is 0 Å². The number of hydrogen-bond acceptors (Lipinski definition) is 5. The summed E-state index contributed by atoms with van der Waals surface area (Å²) >= 11 is 0. The third-order valence-electron chi connectivity index (χ3n) is 2.83. The van der Waals surface area contributed by atoms with E-state index in [-0.39, 0.29) is 36.4 Å². The van der Waals surface area contributed by atoms with E-state index in [0.29, 0.717) is 12.2 Å². The highest BCUT2D eigenvalue weighted by molar-refractivity contribution is 6.05. The van der Waals surface area contributed by atoms with Crippen molar-refractivity contribution in [3.8, 4) is 0 Å². The van der Waals surface area contributed by atoms with E-state index in [1.165, 1.54) is 4.68 Å². The number of esters is 1. The summed E-state index contributed by atoms with van der Waals surface area (Å²) in [6.45, 7) is 3.70. The van der Waals surface area contributed by atoms with Crippen molar-refractivity contribution in [3.63, 3.8) is 0 Å². The summed E-state index contributed by atoms with van der Waals surface area (Å²) < 4.78 is 6.32. The zero-order valence-electron chi connectivity index (χ0n) is 10.3. The molecule has 0 saturated heterocycles. The number of aryl methyl sites for hydroxylation is 1. The van der Waals surface area contributed by atoms with Crippen LogP contribution in [0.25, 0.3) is 0 Å². The number of nitrogens with zero attached hydrogens (tertiary/aromatic N) is 2. The maximum absolute atomic E-state index is 11.8. The molecule has 2 rings (SSSR count). The van der Waals surface area contributed by atoms with Crippen molar-refractivity contribution in [1.82, 2.24) is 15.1 Å². The van der Waals surface area contributed by atoms with Gasteiger partial charge in [-0.25, -0.2) is 4.79 Å². The highest BCUT2D eigenvalue weighted by Gasteiger charge is 2.33. The number of aliphatic hydroxyl groups excluding tert-OH is 1. The topological polar surface area (TPSA) is 93.5 Å². The summed E-state index contributed by atoms with van der Waals surface area (Å²) in [6.07, 6.45) is 0. The van der Waals surface area contributed by atoms with Crippen molar-refractivity contribution in [2.24, 2.45) is 0 Å². The van der Waals surface area contributed by atoms with Gasteiger partial charge in [0.15, 0.2) is 0 Å². The van der Waals surface area contributed by atoms with E-state index >= 15 is 0 Å². The van der Waals surface area contributed by atoms with Crippen LogP contribution in [0.15, 0.2) is 0 Å². The predicted molar refractivity (Wildman–Crippen MR) is 61.4 cm³/mol. The number of nitrogens with one attached hydrogen (secondary N) is 1. The lowest BCUT2D eigenvalue weighted by Crippen LogP contribution is -2.41. The van der Waals surface area contributed by atoms with E-state index in [9.17, 15) is 14.7 Å². The largest absolute Gasteiger partial charge is 0.462 e. The number of aliphatic hydroxyl groups is 1. The van der Waals surface area contributed by atoms with Crippen molar-refractivity contribution < 1.29 is 19.4 Å². The molecule has 7 nitrogen and oxygen atoms in total. The Kier molecular flexibility index (Phi) is 3.33. The molecule has 0 radical (unpaired) electrons. The average molecular weight is 253 g/mol. The maximum Gasteiger partial charge on any atom is 0.342 e. The molecule has 0 aromatic carbocycles. The van der Waals surface area contributed by atoms with Crippen LogP contribution in [0.5, 0.6) is 0 Å². The lowest BCUT2D eigenvalue weighted by atomic mass is 10.1. The predicted octanol–water partition coefficient (Wildman–Crippen LogP) is -0.355. The van der Waals surface area contributed by atoms with Gasteiger partial charge >= 0.3 is 5.97 Å². The minimum Gasteiger partial charge on any atom is -0.462 e. The van der Waals surface area contributed by atoms with Crippen LogP contribution in [-0.2, 0) is 4.74 Å². The van der Waals surface area contributed by atoms with Crippen LogP contribution in [0, 0.1) is 6.92 Å². The van der Waals surface area contributed by atoms with Gasteiger partial charge in [-0.05, 0) is 13.8 Å². The molecule has 1 aliphatic heterocycles. The number of carbonyl (C=O) groups is 2. The standard InChI is InChI=1S/C11H15N3O4/c1-3-18-11(17)8-6(2)13-14-7(5-15)4-12-10(16)9(8)14/h7,15H,3-5H2,1-2H3,(H,12,16). The highest BCUT2D eigenvalue weighted by atomic mass is 16.5. The first-order chi connectivity index (χ1) is 8.60. The zero-order valence-corrected chi connectivity index (χ0v) is 10.3. The fourth-order valence-corrected chi connectivity index (χ4v) is 2.00. The zero-order chi connectivity index (χ0) is 13.3. The molecule has 0 spiro atoms. The monoisotopic (exact) mass is 253 g/mol. The van der Waals surface area contributed by atoms with Crippen molar-refractivity contribution in [2.45, 2.75) is 19.9 Å². The second-order valence-electron chi connectivity index (χ2n) is 4.02. The summed E-state index contributed by atoms with van der Waals surface area (Å²) in [6, 6.07) is -0.348. The van der Waals surface area contributed by atoms with Gasteiger partial charge in [-0.2, -0.15) is 5.10 Å². The van der Waals surface area contributed by atoms with Crippen LogP contribution in [-0.4, -0.2) is 46.5 Å². The fraction of sp³-hybridized carbons (Fsp3) is 0.545. The van der Waals surface area contributed by atoms with Crippen LogP contribution < -0.4 is 5.32 Å². The Morgan fingerprint density at radius 2 is 2.39 bits per heavy atom. The van der Waals surface area contributed by atoms with Crippen molar-refractivity contribution in [1.29, 1.82) is 0 Å². The Morgan fingerprint density at radius 3 is 3.00 bits per heavy atom. The molecule has 18 heavy (non-hydrogen) atoms. The van der Waals surface area contributed by atoms with Crippen LogP contribution in [0.3, 0.4) is 0 Å². The number of rotatable bonds is 3. The van der Waals surface area contributed by atoms with Gasteiger partial charge < -0.3 is 15.2 Å². The number of amides is 1. The first-order valence-electron chi connectivity index (χ1n) is 5.75. The van der Waals surface area contributed by atoms with Crippen molar-refractivity contribution in [2.75, 3.05) is 19.8 Å². The Bertz CT molecular complexity index is 495. The van der Waals surface area contributed by atoms with Gasteiger partial charge in [-0.15, -0.1) is 0 Å². The van der Waals surface area contributed by atoms with Gasteiger partial charge in [0.25, 0.3) is 5.91 Å². The molecule has 2 N–H and O–H groups in total. The van der Waals surface area contributed by atoms with Gasteiger partial charge in [0.2, 0.25) is 0 Å². The fourth-order valence-electron chi connectivity index (χ4n) is 2.00. The third-order valence-corrected chi connectivity index (χ3v) is 2.83.